The average molecular weight is 234 g/mol. The summed E-state index contributed by atoms with van der Waals surface area (Å²) in [7, 11) is -3.92. The third-order valence-corrected chi connectivity index (χ3v) is 2.80. The highest BCUT2D eigenvalue weighted by Crippen LogP contribution is 2.00. The number of aromatic nitrogens is 1. The van der Waals surface area contributed by atoms with Crippen LogP contribution in [0.25, 0.3) is 0 Å². The zero-order valence-electron chi connectivity index (χ0n) is 8.35. The van der Waals surface area contributed by atoms with Crippen LogP contribution in [0.4, 0.5) is 4.39 Å². The average Bonchev–Trinajstić information content (AvgIpc) is 2.09. The molecular formula is C9H13FNO3S+. The van der Waals surface area contributed by atoms with Crippen molar-refractivity contribution in [3.05, 3.63) is 29.8 Å². The lowest BCUT2D eigenvalue weighted by molar-refractivity contribution is -0.698. The highest BCUT2D eigenvalue weighted by molar-refractivity contribution is 7.85. The number of rotatable bonds is 4. The van der Waals surface area contributed by atoms with E-state index < -0.39 is 10.1 Å². The van der Waals surface area contributed by atoms with Crippen molar-refractivity contribution in [3.8, 4) is 0 Å². The highest BCUT2D eigenvalue weighted by Gasteiger charge is 2.09. The fourth-order valence-corrected chi connectivity index (χ4v) is 1.64. The summed E-state index contributed by atoms with van der Waals surface area (Å²) in [6.07, 6.45) is 3.23. The SMILES string of the molecule is Cc1cc[n+](CCCS(=O)(=O)O)cc1F. The Kier molecular flexibility index (Phi) is 3.76. The Balaban J connectivity index is 2.55. The van der Waals surface area contributed by atoms with Gasteiger partial charge in [-0.15, -0.1) is 0 Å². The van der Waals surface area contributed by atoms with E-state index in [4.69, 9.17) is 4.55 Å². The van der Waals surface area contributed by atoms with Crippen LogP contribution in [0.1, 0.15) is 12.0 Å². The van der Waals surface area contributed by atoms with E-state index in [0.717, 1.165) is 0 Å². The summed E-state index contributed by atoms with van der Waals surface area (Å²) in [5, 5.41) is 0. The van der Waals surface area contributed by atoms with E-state index in [1.165, 1.54) is 6.20 Å². The van der Waals surface area contributed by atoms with Gasteiger partial charge in [0.15, 0.2) is 12.0 Å². The number of hydrogen-bond acceptors (Lipinski definition) is 2. The van der Waals surface area contributed by atoms with Crippen LogP contribution >= 0.6 is 0 Å². The van der Waals surface area contributed by atoms with Crippen molar-refractivity contribution in [3.63, 3.8) is 0 Å². The molecule has 0 fully saturated rings. The first kappa shape index (κ1) is 12.1. The molecule has 4 nitrogen and oxygen atoms in total. The van der Waals surface area contributed by atoms with Gasteiger partial charge in [-0.3, -0.25) is 4.55 Å². The summed E-state index contributed by atoms with van der Waals surface area (Å²) in [6, 6.07) is 1.61. The first-order valence-corrected chi connectivity index (χ1v) is 6.10. The van der Waals surface area contributed by atoms with Gasteiger partial charge in [-0.2, -0.15) is 8.42 Å². The van der Waals surface area contributed by atoms with E-state index in [2.05, 4.69) is 0 Å². The standard InChI is InChI=1S/C9H12FNO3S/c1-8-3-5-11(7-9(8)10)4-2-6-15(12,13)14/h3,5,7H,2,4,6H2,1H3/p+1. The minimum Gasteiger partial charge on any atom is -0.286 e. The first-order chi connectivity index (χ1) is 6.88. The van der Waals surface area contributed by atoms with Crippen LogP contribution in [0.5, 0.6) is 0 Å². The summed E-state index contributed by atoms with van der Waals surface area (Å²) in [5.74, 6) is -0.639. The quantitative estimate of drug-likeness (QED) is 0.616. The van der Waals surface area contributed by atoms with Gasteiger partial charge in [-0.1, -0.05) is 0 Å². The Morgan fingerprint density at radius 2 is 2.20 bits per heavy atom. The van der Waals surface area contributed by atoms with E-state index in [0.29, 0.717) is 12.1 Å². The second kappa shape index (κ2) is 4.67. The minimum atomic E-state index is -3.92. The molecule has 6 heteroatoms. The third-order valence-electron chi connectivity index (χ3n) is 1.99. The van der Waals surface area contributed by atoms with Crippen LogP contribution in [-0.4, -0.2) is 18.7 Å². The molecule has 0 amide bonds. The summed E-state index contributed by atoms with van der Waals surface area (Å²) < 4.78 is 43.9. The zero-order valence-corrected chi connectivity index (χ0v) is 9.17. The number of halogens is 1. The van der Waals surface area contributed by atoms with Crippen molar-refractivity contribution in [2.75, 3.05) is 5.75 Å². The van der Waals surface area contributed by atoms with Crippen molar-refractivity contribution in [1.82, 2.24) is 0 Å². The first-order valence-electron chi connectivity index (χ1n) is 4.49. The van der Waals surface area contributed by atoms with Gasteiger partial charge in [-0.25, -0.2) is 8.96 Å². The Hall–Kier alpha value is -1.01. The van der Waals surface area contributed by atoms with E-state index in [-0.39, 0.29) is 18.0 Å². The van der Waals surface area contributed by atoms with Crippen molar-refractivity contribution in [1.29, 1.82) is 0 Å². The molecule has 1 N–H and O–H groups in total. The summed E-state index contributed by atoms with van der Waals surface area (Å²) in [4.78, 5) is 0. The fraction of sp³-hybridized carbons (Fsp3) is 0.444. The molecule has 1 aromatic rings. The lowest BCUT2D eigenvalue weighted by atomic mass is 10.3. The monoisotopic (exact) mass is 234 g/mol. The Morgan fingerprint density at radius 3 is 2.73 bits per heavy atom. The number of nitrogens with zero attached hydrogens (tertiary/aromatic N) is 1. The molecule has 0 aliphatic rings. The number of hydrogen-bond donors (Lipinski definition) is 1. The van der Waals surface area contributed by atoms with E-state index in [1.807, 2.05) is 0 Å². The van der Waals surface area contributed by atoms with Crippen LogP contribution in [-0.2, 0) is 16.7 Å². The molecule has 1 rings (SSSR count). The van der Waals surface area contributed by atoms with Crippen molar-refractivity contribution in [2.24, 2.45) is 0 Å². The molecule has 1 aromatic heterocycles. The van der Waals surface area contributed by atoms with Gasteiger partial charge in [0.05, 0.1) is 5.75 Å². The maximum atomic E-state index is 13.1. The molecule has 15 heavy (non-hydrogen) atoms. The number of pyridine rings is 1. The second-order valence-corrected chi connectivity index (χ2v) is 4.93. The molecule has 0 aliphatic carbocycles. The number of aryl methyl sites for hydroxylation is 2. The van der Waals surface area contributed by atoms with Crippen LogP contribution in [0.15, 0.2) is 18.5 Å². The predicted molar refractivity (Wildman–Crippen MR) is 52.4 cm³/mol. The molecule has 0 aromatic carbocycles. The fourth-order valence-electron chi connectivity index (χ4n) is 1.15. The Morgan fingerprint density at radius 1 is 1.53 bits per heavy atom. The van der Waals surface area contributed by atoms with E-state index in [1.54, 1.807) is 23.8 Å². The van der Waals surface area contributed by atoms with Gasteiger partial charge < -0.3 is 0 Å². The van der Waals surface area contributed by atoms with Crippen molar-refractivity contribution >= 4 is 10.1 Å². The molecule has 0 bridgehead atoms. The normalized spacial score (nSPS) is 11.7. The molecule has 0 atom stereocenters. The van der Waals surface area contributed by atoms with Crippen LogP contribution in [0.2, 0.25) is 0 Å². The van der Waals surface area contributed by atoms with E-state index >= 15 is 0 Å². The Bertz CT molecular complexity index is 445. The van der Waals surface area contributed by atoms with Crippen LogP contribution in [0.3, 0.4) is 0 Å². The van der Waals surface area contributed by atoms with E-state index in [9.17, 15) is 12.8 Å². The van der Waals surface area contributed by atoms with Gasteiger partial charge in [0.2, 0.25) is 6.20 Å². The lowest BCUT2D eigenvalue weighted by Gasteiger charge is -1.98. The molecule has 84 valence electrons. The van der Waals surface area contributed by atoms with Gasteiger partial charge >= 0.3 is 0 Å². The molecule has 0 saturated heterocycles. The maximum absolute atomic E-state index is 13.1. The molecule has 0 radical (unpaired) electrons. The third kappa shape index (κ3) is 4.35. The van der Waals surface area contributed by atoms with Crippen molar-refractivity contribution in [2.45, 2.75) is 19.9 Å². The lowest BCUT2D eigenvalue weighted by Crippen LogP contribution is -2.34. The molecule has 0 unspecified atom stereocenters. The predicted octanol–water partition coefficient (Wildman–Crippen LogP) is 0.700. The summed E-state index contributed by atoms with van der Waals surface area (Å²) in [6.45, 7) is 2.01. The summed E-state index contributed by atoms with van der Waals surface area (Å²) >= 11 is 0. The molecule has 0 spiro atoms. The second-order valence-electron chi connectivity index (χ2n) is 3.35. The molecule has 0 saturated carbocycles. The van der Waals surface area contributed by atoms with Gasteiger partial charge in [0.1, 0.15) is 6.54 Å². The smallest absolute Gasteiger partial charge is 0.265 e. The molecular weight excluding hydrogens is 221 g/mol. The van der Waals surface area contributed by atoms with Crippen molar-refractivity contribution < 1.29 is 21.9 Å². The molecule has 1 heterocycles. The van der Waals surface area contributed by atoms with Gasteiger partial charge in [0, 0.05) is 12.5 Å². The van der Waals surface area contributed by atoms with Crippen LogP contribution in [0, 0.1) is 12.7 Å². The highest BCUT2D eigenvalue weighted by atomic mass is 32.2. The zero-order chi connectivity index (χ0) is 11.5. The topological polar surface area (TPSA) is 58.2 Å². The maximum Gasteiger partial charge on any atom is 0.265 e. The van der Waals surface area contributed by atoms with Gasteiger partial charge in [0.25, 0.3) is 10.1 Å². The Labute approximate surface area is 88.1 Å². The van der Waals surface area contributed by atoms with Gasteiger partial charge in [-0.05, 0) is 12.5 Å². The summed E-state index contributed by atoms with van der Waals surface area (Å²) in [5.41, 5.74) is 0.543. The van der Waals surface area contributed by atoms with Crippen LogP contribution < -0.4 is 4.57 Å². The minimum absolute atomic E-state index is 0.256. The molecule has 0 aliphatic heterocycles. The largest absolute Gasteiger partial charge is 0.286 e.